The molecule has 0 aliphatic carbocycles. The number of hydrogen-bond donors (Lipinski definition) is 3. The van der Waals surface area contributed by atoms with Crippen molar-refractivity contribution in [3.8, 4) is 0 Å². The van der Waals surface area contributed by atoms with E-state index in [4.69, 9.17) is 5.90 Å². The Morgan fingerprint density at radius 3 is 3.07 bits per heavy atom. The number of aromatic nitrogens is 2. The molecule has 0 amide bonds. The van der Waals surface area contributed by atoms with E-state index >= 15 is 0 Å². The Balaban J connectivity index is 2.75. The minimum absolute atomic E-state index is 0.396. The molecule has 82 valence electrons. The second-order valence-corrected chi connectivity index (χ2v) is 2.83. The van der Waals surface area contributed by atoms with E-state index in [1.165, 1.54) is 12.3 Å². The Morgan fingerprint density at radius 1 is 1.80 bits per heavy atom. The predicted octanol–water partition coefficient (Wildman–Crippen LogP) is -0.623. The van der Waals surface area contributed by atoms with Gasteiger partial charge < -0.3 is 10.2 Å². The lowest BCUT2D eigenvalue weighted by Gasteiger charge is -2.14. The summed E-state index contributed by atoms with van der Waals surface area (Å²) >= 11 is 0. The molecule has 0 bridgehead atoms. The van der Waals surface area contributed by atoms with Crippen LogP contribution in [-0.2, 0) is 9.63 Å². The standard InChI is InChI=1S/C8H12N4O3/c1-2-5(7(13)15-9)11-6-3-4-10-8(14)12-6/h3-5H,2,9H2,1H3,(H2,10,11,12,14). The van der Waals surface area contributed by atoms with Crippen LogP contribution in [0.15, 0.2) is 17.1 Å². The van der Waals surface area contributed by atoms with Gasteiger partial charge in [0.15, 0.2) is 0 Å². The summed E-state index contributed by atoms with van der Waals surface area (Å²) in [5.74, 6) is 4.57. The molecule has 0 fully saturated rings. The van der Waals surface area contributed by atoms with Gasteiger partial charge in [0.05, 0.1) is 0 Å². The quantitative estimate of drug-likeness (QED) is 0.573. The molecule has 4 N–H and O–H groups in total. The molecule has 0 spiro atoms. The summed E-state index contributed by atoms with van der Waals surface area (Å²) in [4.78, 5) is 31.9. The molecule has 1 atom stereocenters. The third-order valence-corrected chi connectivity index (χ3v) is 1.81. The maximum absolute atomic E-state index is 11.1. The molecule has 1 aromatic heterocycles. The first-order valence-electron chi connectivity index (χ1n) is 4.39. The van der Waals surface area contributed by atoms with Crippen molar-refractivity contribution >= 4 is 11.8 Å². The molecule has 15 heavy (non-hydrogen) atoms. The highest BCUT2D eigenvalue weighted by Crippen LogP contribution is 2.03. The van der Waals surface area contributed by atoms with Gasteiger partial charge in [0, 0.05) is 6.20 Å². The maximum atomic E-state index is 11.1. The van der Waals surface area contributed by atoms with E-state index in [2.05, 4.69) is 20.1 Å². The van der Waals surface area contributed by atoms with Crippen LogP contribution < -0.4 is 16.9 Å². The average molecular weight is 212 g/mol. The van der Waals surface area contributed by atoms with Gasteiger partial charge in [-0.1, -0.05) is 6.92 Å². The van der Waals surface area contributed by atoms with E-state index in [0.717, 1.165) is 0 Å². The second kappa shape index (κ2) is 5.11. The van der Waals surface area contributed by atoms with Crippen LogP contribution in [0.5, 0.6) is 0 Å². The molecular formula is C8H12N4O3. The van der Waals surface area contributed by atoms with Gasteiger partial charge in [-0.2, -0.15) is 5.90 Å². The number of aromatic amines is 1. The average Bonchev–Trinajstić information content (AvgIpc) is 2.25. The zero-order chi connectivity index (χ0) is 11.3. The minimum atomic E-state index is -0.590. The van der Waals surface area contributed by atoms with E-state index in [9.17, 15) is 9.59 Å². The fraction of sp³-hybridized carbons (Fsp3) is 0.375. The minimum Gasteiger partial charge on any atom is -0.372 e. The van der Waals surface area contributed by atoms with Crippen molar-refractivity contribution in [2.75, 3.05) is 5.32 Å². The Kier molecular flexibility index (Phi) is 3.81. The first-order valence-corrected chi connectivity index (χ1v) is 4.39. The lowest BCUT2D eigenvalue weighted by Crippen LogP contribution is -2.33. The van der Waals surface area contributed by atoms with Crippen molar-refractivity contribution in [1.82, 2.24) is 9.97 Å². The summed E-state index contributed by atoms with van der Waals surface area (Å²) in [6.07, 6.45) is 1.82. The van der Waals surface area contributed by atoms with Gasteiger partial charge in [-0.15, -0.1) is 0 Å². The van der Waals surface area contributed by atoms with Crippen molar-refractivity contribution in [2.45, 2.75) is 19.4 Å². The summed E-state index contributed by atoms with van der Waals surface area (Å²) < 4.78 is 0. The van der Waals surface area contributed by atoms with Crippen LogP contribution >= 0.6 is 0 Å². The number of H-pyrrole nitrogens is 1. The summed E-state index contributed by atoms with van der Waals surface area (Å²) in [5.41, 5.74) is -0.490. The molecule has 7 heteroatoms. The van der Waals surface area contributed by atoms with E-state index < -0.39 is 17.7 Å². The first kappa shape index (κ1) is 11.2. The summed E-state index contributed by atoms with van der Waals surface area (Å²) in [6, 6.07) is 0.946. The molecule has 0 aliphatic rings. The smallest absolute Gasteiger partial charge is 0.347 e. The zero-order valence-electron chi connectivity index (χ0n) is 8.19. The van der Waals surface area contributed by atoms with Gasteiger partial charge in [0.25, 0.3) is 0 Å². The van der Waals surface area contributed by atoms with Crippen LogP contribution in [0.2, 0.25) is 0 Å². The fourth-order valence-electron chi connectivity index (χ4n) is 1.05. The molecular weight excluding hydrogens is 200 g/mol. The number of carbonyl (C=O) groups is 1. The summed E-state index contributed by atoms with van der Waals surface area (Å²) in [5, 5.41) is 2.77. The molecule has 1 rings (SSSR count). The Labute approximate surface area is 85.6 Å². The molecule has 0 aromatic carbocycles. The summed E-state index contributed by atoms with van der Waals surface area (Å²) in [6.45, 7) is 1.79. The lowest BCUT2D eigenvalue weighted by atomic mass is 10.2. The van der Waals surface area contributed by atoms with E-state index in [1.807, 2.05) is 0 Å². The van der Waals surface area contributed by atoms with Gasteiger partial charge in [-0.05, 0) is 12.5 Å². The number of anilines is 1. The topological polar surface area (TPSA) is 110 Å². The Morgan fingerprint density at radius 2 is 2.53 bits per heavy atom. The lowest BCUT2D eigenvalue weighted by molar-refractivity contribution is -0.145. The molecule has 7 nitrogen and oxygen atoms in total. The number of nitrogens with zero attached hydrogens (tertiary/aromatic N) is 1. The van der Waals surface area contributed by atoms with Crippen molar-refractivity contribution in [2.24, 2.45) is 5.90 Å². The van der Waals surface area contributed by atoms with Crippen molar-refractivity contribution in [1.29, 1.82) is 0 Å². The van der Waals surface area contributed by atoms with Gasteiger partial charge in [0.1, 0.15) is 11.9 Å². The fourth-order valence-corrected chi connectivity index (χ4v) is 1.05. The highest BCUT2D eigenvalue weighted by atomic mass is 16.7. The number of nitrogens with one attached hydrogen (secondary N) is 2. The van der Waals surface area contributed by atoms with E-state index in [-0.39, 0.29) is 0 Å². The Hall–Kier alpha value is -1.89. The molecule has 1 aromatic rings. The highest BCUT2D eigenvalue weighted by Gasteiger charge is 2.17. The van der Waals surface area contributed by atoms with Crippen LogP contribution in [0.4, 0.5) is 5.82 Å². The van der Waals surface area contributed by atoms with Gasteiger partial charge in [0.2, 0.25) is 0 Å². The van der Waals surface area contributed by atoms with Gasteiger partial charge in [-0.25, -0.2) is 14.6 Å². The van der Waals surface area contributed by atoms with Crippen LogP contribution in [0.25, 0.3) is 0 Å². The number of nitrogens with two attached hydrogens (primary N) is 1. The van der Waals surface area contributed by atoms with Crippen LogP contribution in [0, 0.1) is 0 Å². The molecule has 1 heterocycles. The number of rotatable bonds is 4. The van der Waals surface area contributed by atoms with Crippen LogP contribution in [0.1, 0.15) is 13.3 Å². The van der Waals surface area contributed by atoms with Gasteiger partial charge in [-0.3, -0.25) is 4.98 Å². The predicted molar refractivity (Wildman–Crippen MR) is 52.8 cm³/mol. The number of carbonyl (C=O) groups excluding carboxylic acids is 1. The maximum Gasteiger partial charge on any atom is 0.347 e. The molecule has 0 saturated heterocycles. The van der Waals surface area contributed by atoms with Crippen molar-refractivity contribution in [3.05, 3.63) is 22.7 Å². The summed E-state index contributed by atoms with van der Waals surface area (Å²) in [7, 11) is 0. The third kappa shape index (κ3) is 3.06. The van der Waals surface area contributed by atoms with Crippen molar-refractivity contribution in [3.63, 3.8) is 0 Å². The van der Waals surface area contributed by atoms with Crippen molar-refractivity contribution < 1.29 is 9.63 Å². The SMILES string of the molecule is CCC(Nc1ccnc(=O)[nH]1)C(=O)ON. The molecule has 0 saturated carbocycles. The molecule has 0 aliphatic heterocycles. The largest absolute Gasteiger partial charge is 0.372 e. The third-order valence-electron chi connectivity index (χ3n) is 1.81. The number of hydrogen-bond acceptors (Lipinski definition) is 6. The monoisotopic (exact) mass is 212 g/mol. The van der Waals surface area contributed by atoms with Gasteiger partial charge >= 0.3 is 11.7 Å². The van der Waals surface area contributed by atoms with Crippen LogP contribution in [-0.4, -0.2) is 22.0 Å². The van der Waals surface area contributed by atoms with E-state index in [1.54, 1.807) is 6.92 Å². The first-order chi connectivity index (χ1) is 7.17. The van der Waals surface area contributed by atoms with E-state index in [0.29, 0.717) is 12.2 Å². The normalized spacial score (nSPS) is 11.9. The Bertz CT molecular complexity index is 389. The van der Waals surface area contributed by atoms with Crippen LogP contribution in [0.3, 0.4) is 0 Å². The second-order valence-electron chi connectivity index (χ2n) is 2.83. The molecule has 0 radical (unpaired) electrons. The molecule has 1 unspecified atom stereocenters. The zero-order valence-corrected chi connectivity index (χ0v) is 8.19. The highest BCUT2D eigenvalue weighted by molar-refractivity contribution is 5.78.